The lowest BCUT2D eigenvalue weighted by Gasteiger charge is -2.26. The van der Waals surface area contributed by atoms with Crippen LogP contribution < -0.4 is 5.73 Å². The highest BCUT2D eigenvalue weighted by Gasteiger charge is 2.30. The van der Waals surface area contributed by atoms with Crippen LogP contribution >= 0.6 is 0 Å². The van der Waals surface area contributed by atoms with Crippen molar-refractivity contribution in [2.24, 2.45) is 5.73 Å². The Morgan fingerprint density at radius 3 is 2.95 bits per heavy atom. The smallest absolute Gasteiger partial charge is 0.0755 e. The second-order valence-corrected chi connectivity index (χ2v) is 5.36. The van der Waals surface area contributed by atoms with Gasteiger partial charge in [0.15, 0.2) is 0 Å². The molecule has 0 saturated carbocycles. The van der Waals surface area contributed by atoms with Crippen LogP contribution in [0.1, 0.15) is 29.3 Å². The molecule has 4 rings (SSSR count). The molecule has 0 bridgehead atoms. The molecule has 100 valence electrons. The SMILES string of the molecule is NC1Cc2c([nH]c3ccccc23)C(c2ccnnn2)C1. The number of benzene rings is 1. The van der Waals surface area contributed by atoms with E-state index in [1.807, 2.05) is 12.1 Å². The summed E-state index contributed by atoms with van der Waals surface area (Å²) in [4.78, 5) is 3.54. The summed E-state index contributed by atoms with van der Waals surface area (Å²) < 4.78 is 0. The molecular formula is C15H15N5. The number of nitrogens with two attached hydrogens (primary N) is 1. The molecule has 0 saturated heterocycles. The Bertz CT molecular complexity index is 749. The second kappa shape index (κ2) is 4.38. The van der Waals surface area contributed by atoms with Crippen molar-refractivity contribution in [3.8, 4) is 0 Å². The number of aromatic amines is 1. The van der Waals surface area contributed by atoms with Crippen LogP contribution in [-0.2, 0) is 6.42 Å². The highest BCUT2D eigenvalue weighted by atomic mass is 15.3. The molecule has 5 heteroatoms. The minimum atomic E-state index is 0.154. The van der Waals surface area contributed by atoms with Gasteiger partial charge in [-0.15, -0.1) is 10.2 Å². The minimum Gasteiger partial charge on any atom is -0.358 e. The first-order valence-corrected chi connectivity index (χ1v) is 6.82. The second-order valence-electron chi connectivity index (χ2n) is 5.36. The number of H-pyrrole nitrogens is 1. The van der Waals surface area contributed by atoms with E-state index in [2.05, 4.69) is 38.6 Å². The van der Waals surface area contributed by atoms with Gasteiger partial charge in [-0.25, -0.2) is 0 Å². The Kier molecular flexibility index (Phi) is 2.53. The molecule has 2 unspecified atom stereocenters. The lowest BCUT2D eigenvalue weighted by Crippen LogP contribution is -2.31. The van der Waals surface area contributed by atoms with Gasteiger partial charge in [0.25, 0.3) is 0 Å². The van der Waals surface area contributed by atoms with Gasteiger partial charge in [-0.3, -0.25) is 0 Å². The van der Waals surface area contributed by atoms with Gasteiger partial charge in [-0.2, -0.15) is 0 Å². The van der Waals surface area contributed by atoms with Crippen molar-refractivity contribution in [1.29, 1.82) is 0 Å². The van der Waals surface area contributed by atoms with Crippen molar-refractivity contribution in [2.75, 3.05) is 0 Å². The van der Waals surface area contributed by atoms with E-state index in [0.29, 0.717) is 0 Å². The van der Waals surface area contributed by atoms with Crippen LogP contribution in [0.25, 0.3) is 10.9 Å². The topological polar surface area (TPSA) is 80.5 Å². The summed E-state index contributed by atoms with van der Waals surface area (Å²) in [5.41, 5.74) is 10.9. The molecule has 5 nitrogen and oxygen atoms in total. The normalized spacial score (nSPS) is 21.9. The van der Waals surface area contributed by atoms with Crippen LogP contribution in [0.5, 0.6) is 0 Å². The predicted molar refractivity (Wildman–Crippen MR) is 76.3 cm³/mol. The molecule has 0 aliphatic heterocycles. The van der Waals surface area contributed by atoms with Gasteiger partial charge in [-0.1, -0.05) is 18.2 Å². The minimum absolute atomic E-state index is 0.154. The number of hydrogen-bond donors (Lipinski definition) is 2. The van der Waals surface area contributed by atoms with Crippen LogP contribution in [0.4, 0.5) is 0 Å². The van der Waals surface area contributed by atoms with Crippen molar-refractivity contribution in [3.05, 3.63) is 53.5 Å². The average Bonchev–Trinajstić information content (AvgIpc) is 2.86. The van der Waals surface area contributed by atoms with Crippen molar-refractivity contribution in [1.82, 2.24) is 20.4 Å². The van der Waals surface area contributed by atoms with Gasteiger partial charge in [0.05, 0.1) is 11.9 Å². The molecule has 2 atom stereocenters. The van der Waals surface area contributed by atoms with E-state index in [9.17, 15) is 0 Å². The Hall–Kier alpha value is -2.27. The number of rotatable bonds is 1. The number of para-hydroxylation sites is 1. The highest BCUT2D eigenvalue weighted by Crippen LogP contribution is 2.38. The van der Waals surface area contributed by atoms with Crippen molar-refractivity contribution in [3.63, 3.8) is 0 Å². The third-order valence-electron chi connectivity index (χ3n) is 4.08. The summed E-state index contributed by atoms with van der Waals surface area (Å²) in [5, 5.41) is 12.9. The molecule has 2 aromatic heterocycles. The zero-order chi connectivity index (χ0) is 13.5. The van der Waals surface area contributed by atoms with Crippen LogP contribution in [0.15, 0.2) is 36.5 Å². The van der Waals surface area contributed by atoms with Crippen molar-refractivity contribution >= 4 is 10.9 Å². The molecule has 1 aliphatic rings. The zero-order valence-electron chi connectivity index (χ0n) is 11.0. The van der Waals surface area contributed by atoms with Crippen LogP contribution in [0.2, 0.25) is 0 Å². The first kappa shape index (κ1) is 11.5. The third kappa shape index (κ3) is 1.71. The molecule has 1 aromatic carbocycles. The summed E-state index contributed by atoms with van der Waals surface area (Å²) in [6, 6.07) is 10.4. The van der Waals surface area contributed by atoms with Gasteiger partial charge in [-0.05, 0) is 35.8 Å². The number of aromatic nitrogens is 4. The summed E-state index contributed by atoms with van der Waals surface area (Å²) in [6.45, 7) is 0. The number of fused-ring (bicyclic) bond motifs is 3. The molecular weight excluding hydrogens is 250 g/mol. The molecule has 0 fully saturated rings. The first-order valence-electron chi connectivity index (χ1n) is 6.82. The maximum absolute atomic E-state index is 6.25. The van der Waals surface area contributed by atoms with Crippen LogP contribution in [-0.4, -0.2) is 26.4 Å². The van der Waals surface area contributed by atoms with Gasteiger partial charge >= 0.3 is 0 Å². The molecule has 3 aromatic rings. The zero-order valence-corrected chi connectivity index (χ0v) is 11.0. The maximum atomic E-state index is 6.25. The monoisotopic (exact) mass is 265 g/mol. The fraction of sp³-hybridized carbons (Fsp3) is 0.267. The highest BCUT2D eigenvalue weighted by molar-refractivity contribution is 5.85. The summed E-state index contributed by atoms with van der Waals surface area (Å²) >= 11 is 0. The van der Waals surface area contributed by atoms with E-state index in [-0.39, 0.29) is 12.0 Å². The van der Waals surface area contributed by atoms with Crippen molar-refractivity contribution in [2.45, 2.75) is 24.8 Å². The van der Waals surface area contributed by atoms with E-state index in [4.69, 9.17) is 5.73 Å². The quantitative estimate of drug-likeness (QED) is 0.702. The number of nitrogens with zero attached hydrogens (tertiary/aromatic N) is 3. The fourth-order valence-corrected chi connectivity index (χ4v) is 3.21. The maximum Gasteiger partial charge on any atom is 0.0755 e. The van der Waals surface area contributed by atoms with Gasteiger partial charge in [0.1, 0.15) is 0 Å². The predicted octanol–water partition coefficient (Wildman–Crippen LogP) is 1.76. The Morgan fingerprint density at radius 2 is 2.10 bits per heavy atom. The molecule has 0 radical (unpaired) electrons. The van der Waals surface area contributed by atoms with E-state index < -0.39 is 0 Å². The lowest BCUT2D eigenvalue weighted by atomic mass is 9.82. The first-order chi connectivity index (χ1) is 9.83. The molecule has 3 N–H and O–H groups in total. The van der Waals surface area contributed by atoms with E-state index in [0.717, 1.165) is 18.5 Å². The van der Waals surface area contributed by atoms with Crippen LogP contribution in [0, 0.1) is 0 Å². The summed E-state index contributed by atoms with van der Waals surface area (Å²) in [5.74, 6) is 0.177. The molecule has 2 heterocycles. The van der Waals surface area contributed by atoms with Gasteiger partial charge < -0.3 is 10.7 Å². The average molecular weight is 265 g/mol. The Labute approximate surface area is 116 Å². The van der Waals surface area contributed by atoms with Crippen LogP contribution in [0.3, 0.4) is 0 Å². The number of hydrogen-bond acceptors (Lipinski definition) is 4. The van der Waals surface area contributed by atoms with E-state index >= 15 is 0 Å². The van der Waals surface area contributed by atoms with E-state index in [1.54, 1.807) is 6.20 Å². The summed E-state index contributed by atoms with van der Waals surface area (Å²) in [6.07, 6.45) is 3.48. The standard InChI is InChI=1S/C15H15N5/c16-9-7-11-10-3-1-2-4-13(10)18-15(11)12(8-9)14-5-6-17-20-19-14/h1-6,9,12,18H,7-8,16H2. The Balaban J connectivity index is 1.92. The largest absolute Gasteiger partial charge is 0.358 e. The number of nitrogens with one attached hydrogen (secondary N) is 1. The lowest BCUT2D eigenvalue weighted by molar-refractivity contribution is 0.514. The molecule has 20 heavy (non-hydrogen) atoms. The summed E-state index contributed by atoms with van der Waals surface area (Å²) in [7, 11) is 0. The third-order valence-corrected chi connectivity index (χ3v) is 4.08. The van der Waals surface area contributed by atoms with Gasteiger partial charge in [0.2, 0.25) is 0 Å². The molecule has 0 amide bonds. The van der Waals surface area contributed by atoms with E-state index in [1.165, 1.54) is 22.2 Å². The van der Waals surface area contributed by atoms with Gasteiger partial charge in [0, 0.05) is 28.6 Å². The molecule has 0 spiro atoms. The Morgan fingerprint density at radius 1 is 1.20 bits per heavy atom. The van der Waals surface area contributed by atoms with Crippen molar-refractivity contribution < 1.29 is 0 Å². The molecule has 1 aliphatic carbocycles. The fourth-order valence-electron chi connectivity index (χ4n) is 3.21.